The van der Waals surface area contributed by atoms with Crippen LogP contribution in [0.15, 0.2) is 54.2 Å². The quantitative estimate of drug-likeness (QED) is 0.362. The topological polar surface area (TPSA) is 64.9 Å². The Labute approximate surface area is 165 Å². The molecule has 11 heteroatoms. The monoisotopic (exact) mass is 433 g/mol. The molecule has 0 saturated heterocycles. The first kappa shape index (κ1) is 22.1. The van der Waals surface area contributed by atoms with Crippen LogP contribution in [0.4, 0.5) is 37.7 Å². The van der Waals surface area contributed by atoms with Crippen molar-refractivity contribution < 1.29 is 31.1 Å². The maximum Gasteiger partial charge on any atom is 0.416 e. The van der Waals surface area contributed by atoms with Gasteiger partial charge in [0.05, 0.1) is 11.1 Å². The third-order valence-corrected chi connectivity index (χ3v) is 3.69. The minimum Gasteiger partial charge on any atom is -0.360 e. The molecule has 0 aliphatic carbocycles. The van der Waals surface area contributed by atoms with Crippen LogP contribution in [0.1, 0.15) is 11.1 Å². The van der Waals surface area contributed by atoms with Crippen molar-refractivity contribution in [2.75, 3.05) is 10.6 Å². The molecule has 152 valence electrons. The van der Waals surface area contributed by atoms with Crippen LogP contribution in [0.25, 0.3) is 0 Å². The number of amides is 1. The predicted octanol–water partition coefficient (Wildman–Crippen LogP) is 5.84. The van der Waals surface area contributed by atoms with Crippen LogP contribution in [0.2, 0.25) is 5.02 Å². The summed E-state index contributed by atoms with van der Waals surface area (Å²) in [5.41, 5.74) is -3.97. The van der Waals surface area contributed by atoms with Crippen LogP contribution < -0.4 is 10.6 Å². The number of alkyl halides is 6. The first-order valence-corrected chi connectivity index (χ1v) is 8.01. The Balaban J connectivity index is 2.28. The Hall–Kier alpha value is -3.19. The zero-order valence-electron chi connectivity index (χ0n) is 14.1. The van der Waals surface area contributed by atoms with Crippen LogP contribution in [-0.2, 0) is 17.1 Å². The van der Waals surface area contributed by atoms with E-state index in [1.165, 1.54) is 30.3 Å². The minimum absolute atomic E-state index is 0.0344. The number of anilines is 2. The van der Waals surface area contributed by atoms with Crippen LogP contribution in [-0.4, -0.2) is 5.91 Å². The number of nitriles is 1. The molecule has 0 aliphatic rings. The summed E-state index contributed by atoms with van der Waals surface area (Å²) in [6.07, 6.45) is -9.34. The number of benzene rings is 2. The summed E-state index contributed by atoms with van der Waals surface area (Å²) in [5.74, 6) is -0.926. The number of rotatable bonds is 4. The van der Waals surface area contributed by atoms with Crippen molar-refractivity contribution in [3.8, 4) is 6.07 Å². The van der Waals surface area contributed by atoms with Crippen molar-refractivity contribution in [2.45, 2.75) is 12.4 Å². The highest BCUT2D eigenvalue weighted by Gasteiger charge is 2.36. The van der Waals surface area contributed by atoms with E-state index in [-0.39, 0.29) is 11.8 Å². The van der Waals surface area contributed by atoms with E-state index in [0.717, 1.165) is 0 Å². The SMILES string of the molecule is N#CC(=CNc1cc(C(F)(F)F)cc(C(F)(F)F)c1)C(=O)Nc1ccc(Cl)cc1. The fourth-order valence-electron chi connectivity index (χ4n) is 2.07. The molecule has 0 atom stereocenters. The zero-order chi connectivity index (χ0) is 21.8. The average molecular weight is 434 g/mol. The summed E-state index contributed by atoms with van der Waals surface area (Å²) in [6, 6.07) is 8.13. The number of hydrogen-bond donors (Lipinski definition) is 2. The molecule has 0 fully saturated rings. The van der Waals surface area contributed by atoms with Gasteiger partial charge >= 0.3 is 12.4 Å². The highest BCUT2D eigenvalue weighted by atomic mass is 35.5. The maximum atomic E-state index is 12.9. The molecule has 2 N–H and O–H groups in total. The fourth-order valence-corrected chi connectivity index (χ4v) is 2.20. The van der Waals surface area contributed by atoms with E-state index in [0.29, 0.717) is 23.4 Å². The van der Waals surface area contributed by atoms with E-state index >= 15 is 0 Å². The van der Waals surface area contributed by atoms with E-state index in [2.05, 4.69) is 10.6 Å². The molecule has 2 aromatic rings. The minimum atomic E-state index is -5.02. The molecule has 0 heterocycles. The standard InChI is InChI=1S/C18H10ClF6N3O/c19-13-1-3-14(4-2-13)28-16(29)10(8-26)9-27-15-6-11(17(20,21)22)5-12(7-15)18(23,24)25/h1-7,9,27H,(H,28,29). The summed E-state index contributed by atoms with van der Waals surface area (Å²) in [5, 5.41) is 13.9. The number of carbonyl (C=O) groups is 1. The molecule has 0 aromatic heterocycles. The first-order chi connectivity index (χ1) is 13.4. The van der Waals surface area contributed by atoms with Crippen LogP contribution in [0, 0.1) is 11.3 Å². The summed E-state index contributed by atoms with van der Waals surface area (Å²) < 4.78 is 77.2. The largest absolute Gasteiger partial charge is 0.416 e. The van der Waals surface area contributed by atoms with Crippen LogP contribution in [0.3, 0.4) is 0 Å². The van der Waals surface area contributed by atoms with Crippen molar-refractivity contribution in [3.05, 3.63) is 70.4 Å². The third kappa shape index (κ3) is 6.15. The lowest BCUT2D eigenvalue weighted by Gasteiger charge is -2.14. The Bertz CT molecular complexity index is 943. The van der Waals surface area contributed by atoms with Gasteiger partial charge in [0.25, 0.3) is 5.91 Å². The molecule has 1 amide bonds. The van der Waals surface area contributed by atoms with E-state index in [1.54, 1.807) is 0 Å². The average Bonchev–Trinajstić information content (AvgIpc) is 2.62. The van der Waals surface area contributed by atoms with Gasteiger partial charge in [0, 0.05) is 22.6 Å². The van der Waals surface area contributed by atoms with Gasteiger partial charge in [-0.3, -0.25) is 4.79 Å². The van der Waals surface area contributed by atoms with Crippen LogP contribution >= 0.6 is 11.6 Å². The highest BCUT2D eigenvalue weighted by Crippen LogP contribution is 2.37. The lowest BCUT2D eigenvalue weighted by molar-refractivity contribution is -0.143. The van der Waals surface area contributed by atoms with Crippen molar-refractivity contribution >= 4 is 28.9 Å². The van der Waals surface area contributed by atoms with Gasteiger partial charge < -0.3 is 10.6 Å². The van der Waals surface area contributed by atoms with Gasteiger partial charge in [-0.1, -0.05) is 11.6 Å². The lowest BCUT2D eigenvalue weighted by atomic mass is 10.1. The number of nitrogens with zero attached hydrogens (tertiary/aromatic N) is 1. The Kier molecular flexibility index (Phi) is 6.44. The second kappa shape index (κ2) is 8.45. The predicted molar refractivity (Wildman–Crippen MR) is 93.8 cm³/mol. The summed E-state index contributed by atoms with van der Waals surface area (Å²) in [7, 11) is 0. The lowest BCUT2D eigenvalue weighted by Crippen LogP contribution is -2.15. The van der Waals surface area contributed by atoms with Crippen LogP contribution in [0.5, 0.6) is 0 Å². The first-order valence-electron chi connectivity index (χ1n) is 7.63. The molecule has 0 spiro atoms. The molecule has 0 aliphatic heterocycles. The summed E-state index contributed by atoms with van der Waals surface area (Å²) in [4.78, 5) is 12.1. The highest BCUT2D eigenvalue weighted by molar-refractivity contribution is 6.30. The van der Waals surface area contributed by atoms with Gasteiger partial charge in [-0.25, -0.2) is 0 Å². The van der Waals surface area contributed by atoms with Gasteiger partial charge in [-0.15, -0.1) is 0 Å². The molecule has 29 heavy (non-hydrogen) atoms. The van der Waals surface area contributed by atoms with Gasteiger partial charge in [-0.05, 0) is 42.5 Å². The fraction of sp³-hybridized carbons (Fsp3) is 0.111. The molecule has 0 bridgehead atoms. The number of carbonyl (C=O) groups excluding carboxylic acids is 1. The van der Waals surface area contributed by atoms with E-state index in [4.69, 9.17) is 16.9 Å². The number of nitrogens with one attached hydrogen (secondary N) is 2. The Morgan fingerprint density at radius 3 is 1.90 bits per heavy atom. The number of halogens is 7. The molecule has 4 nitrogen and oxygen atoms in total. The number of hydrogen-bond acceptors (Lipinski definition) is 3. The van der Waals surface area contributed by atoms with Crippen molar-refractivity contribution in [2.24, 2.45) is 0 Å². The molecule has 2 aromatic carbocycles. The Morgan fingerprint density at radius 2 is 1.45 bits per heavy atom. The van der Waals surface area contributed by atoms with E-state index in [1.807, 2.05) is 0 Å². The summed E-state index contributed by atoms with van der Waals surface area (Å²) in [6.45, 7) is 0. The van der Waals surface area contributed by atoms with Crippen molar-refractivity contribution in [1.82, 2.24) is 0 Å². The smallest absolute Gasteiger partial charge is 0.360 e. The van der Waals surface area contributed by atoms with E-state index < -0.39 is 40.6 Å². The maximum absolute atomic E-state index is 12.9. The van der Waals surface area contributed by atoms with E-state index in [9.17, 15) is 31.1 Å². The molecule has 0 unspecified atom stereocenters. The molecule has 0 saturated carbocycles. The third-order valence-electron chi connectivity index (χ3n) is 3.44. The normalized spacial score (nSPS) is 12.3. The molecule has 0 radical (unpaired) electrons. The van der Waals surface area contributed by atoms with Gasteiger partial charge in [0.15, 0.2) is 0 Å². The second-order valence-electron chi connectivity index (χ2n) is 5.57. The summed E-state index contributed by atoms with van der Waals surface area (Å²) >= 11 is 5.70. The van der Waals surface area contributed by atoms with Gasteiger partial charge in [0.1, 0.15) is 11.6 Å². The zero-order valence-corrected chi connectivity index (χ0v) is 14.9. The van der Waals surface area contributed by atoms with Gasteiger partial charge in [-0.2, -0.15) is 31.6 Å². The second-order valence-corrected chi connectivity index (χ2v) is 6.01. The van der Waals surface area contributed by atoms with Crippen molar-refractivity contribution in [3.63, 3.8) is 0 Å². The molecular formula is C18H10ClF6N3O. The Morgan fingerprint density at radius 1 is 0.931 bits per heavy atom. The van der Waals surface area contributed by atoms with Crippen molar-refractivity contribution in [1.29, 1.82) is 5.26 Å². The molecule has 2 rings (SSSR count). The van der Waals surface area contributed by atoms with Gasteiger partial charge in [0.2, 0.25) is 0 Å². The molecular weight excluding hydrogens is 424 g/mol.